The largest absolute Gasteiger partial charge is 0.288 e. The average molecular weight is 206 g/mol. The Morgan fingerprint density at radius 2 is 1.92 bits per heavy atom. The molecular formula is C9H18OS2. The molecule has 0 N–H and O–H groups in total. The molecule has 72 valence electrons. The van der Waals surface area contributed by atoms with Crippen LogP contribution in [0.1, 0.15) is 34.6 Å². The first-order valence-corrected chi connectivity index (χ1v) is 5.99. The van der Waals surface area contributed by atoms with Gasteiger partial charge in [-0.15, -0.1) is 0 Å². The molecule has 0 amide bonds. The Bertz CT molecular complexity index is 149. The van der Waals surface area contributed by atoms with Gasteiger partial charge in [0.05, 0.1) is 0 Å². The molecule has 0 aromatic rings. The SMILES string of the molecule is CC(=O)SCC(C)SC(C)(C)C. The van der Waals surface area contributed by atoms with Crippen molar-refractivity contribution in [2.24, 2.45) is 0 Å². The lowest BCUT2D eigenvalue weighted by Gasteiger charge is -2.22. The van der Waals surface area contributed by atoms with E-state index in [1.54, 1.807) is 6.92 Å². The van der Waals surface area contributed by atoms with Gasteiger partial charge >= 0.3 is 0 Å². The van der Waals surface area contributed by atoms with Crippen molar-refractivity contribution in [3.63, 3.8) is 0 Å². The Labute approximate surface area is 84.1 Å². The van der Waals surface area contributed by atoms with E-state index in [1.165, 1.54) is 11.8 Å². The van der Waals surface area contributed by atoms with Gasteiger partial charge in [-0.1, -0.05) is 39.5 Å². The van der Waals surface area contributed by atoms with E-state index in [-0.39, 0.29) is 5.12 Å². The summed E-state index contributed by atoms with van der Waals surface area (Å²) >= 11 is 3.35. The zero-order chi connectivity index (χ0) is 9.78. The molecule has 0 saturated carbocycles. The molecule has 0 aromatic heterocycles. The molecular weight excluding hydrogens is 188 g/mol. The van der Waals surface area contributed by atoms with Gasteiger partial charge < -0.3 is 0 Å². The Morgan fingerprint density at radius 1 is 1.42 bits per heavy atom. The highest BCUT2D eigenvalue weighted by molar-refractivity contribution is 8.14. The van der Waals surface area contributed by atoms with Crippen LogP contribution in [-0.2, 0) is 4.79 Å². The molecule has 0 aliphatic rings. The summed E-state index contributed by atoms with van der Waals surface area (Å²) in [6.07, 6.45) is 0. The first-order valence-electron chi connectivity index (χ1n) is 4.12. The smallest absolute Gasteiger partial charge is 0.185 e. The minimum absolute atomic E-state index is 0.219. The first kappa shape index (κ1) is 12.4. The predicted octanol–water partition coefficient (Wildman–Crippen LogP) is 3.19. The molecule has 3 heteroatoms. The minimum Gasteiger partial charge on any atom is -0.288 e. The van der Waals surface area contributed by atoms with Crippen molar-refractivity contribution in [2.75, 3.05) is 5.75 Å². The molecule has 0 aliphatic carbocycles. The number of thioether (sulfide) groups is 2. The number of hydrogen-bond acceptors (Lipinski definition) is 3. The van der Waals surface area contributed by atoms with Crippen molar-refractivity contribution in [2.45, 2.75) is 44.6 Å². The van der Waals surface area contributed by atoms with Gasteiger partial charge in [-0.3, -0.25) is 4.79 Å². The van der Waals surface area contributed by atoms with Crippen LogP contribution in [0.4, 0.5) is 0 Å². The average Bonchev–Trinajstić information content (AvgIpc) is 1.79. The van der Waals surface area contributed by atoms with E-state index in [0.717, 1.165) is 5.75 Å². The van der Waals surface area contributed by atoms with Crippen LogP contribution in [0.5, 0.6) is 0 Å². The van der Waals surface area contributed by atoms with Crippen molar-refractivity contribution in [1.82, 2.24) is 0 Å². The van der Waals surface area contributed by atoms with Gasteiger partial charge in [-0.25, -0.2) is 0 Å². The molecule has 0 aliphatic heterocycles. The zero-order valence-electron chi connectivity index (χ0n) is 8.51. The van der Waals surface area contributed by atoms with Crippen LogP contribution in [0.2, 0.25) is 0 Å². The fourth-order valence-electron chi connectivity index (χ4n) is 0.872. The van der Waals surface area contributed by atoms with Gasteiger partial charge in [0.1, 0.15) is 0 Å². The summed E-state index contributed by atoms with van der Waals surface area (Å²) < 4.78 is 0.302. The van der Waals surface area contributed by atoms with E-state index in [9.17, 15) is 4.79 Å². The number of hydrogen-bond donors (Lipinski definition) is 0. The Kier molecular flexibility index (Phi) is 5.34. The Morgan fingerprint density at radius 3 is 2.25 bits per heavy atom. The maximum Gasteiger partial charge on any atom is 0.185 e. The molecule has 1 unspecified atom stereocenters. The standard InChI is InChI=1S/C9H18OS2/c1-7(6-11-8(2)10)12-9(3,4)5/h7H,6H2,1-5H3. The summed E-state index contributed by atoms with van der Waals surface area (Å²) in [5.41, 5.74) is 0. The first-order chi connectivity index (χ1) is 5.31. The van der Waals surface area contributed by atoms with E-state index >= 15 is 0 Å². The molecule has 0 heterocycles. The monoisotopic (exact) mass is 206 g/mol. The summed E-state index contributed by atoms with van der Waals surface area (Å²) in [6, 6.07) is 0. The fourth-order valence-corrected chi connectivity index (χ4v) is 3.03. The predicted molar refractivity (Wildman–Crippen MR) is 59.9 cm³/mol. The van der Waals surface area contributed by atoms with Gasteiger partial charge in [0.15, 0.2) is 5.12 Å². The molecule has 0 saturated heterocycles. The van der Waals surface area contributed by atoms with E-state index in [2.05, 4.69) is 27.7 Å². The van der Waals surface area contributed by atoms with E-state index in [4.69, 9.17) is 0 Å². The fraction of sp³-hybridized carbons (Fsp3) is 0.889. The highest BCUT2D eigenvalue weighted by atomic mass is 32.2. The number of carbonyl (C=O) groups excluding carboxylic acids is 1. The van der Waals surface area contributed by atoms with Gasteiger partial charge in [-0.05, 0) is 0 Å². The molecule has 0 rings (SSSR count). The third-order valence-corrected chi connectivity index (χ3v) is 3.64. The number of carbonyl (C=O) groups is 1. The maximum absolute atomic E-state index is 10.7. The molecule has 0 radical (unpaired) electrons. The molecule has 1 atom stereocenters. The molecule has 1 nitrogen and oxygen atoms in total. The van der Waals surface area contributed by atoms with Crippen LogP contribution in [0.3, 0.4) is 0 Å². The van der Waals surface area contributed by atoms with Crippen molar-refractivity contribution >= 4 is 28.6 Å². The molecule has 12 heavy (non-hydrogen) atoms. The lowest BCUT2D eigenvalue weighted by atomic mass is 10.3. The second-order valence-electron chi connectivity index (χ2n) is 3.84. The lowest BCUT2D eigenvalue weighted by molar-refractivity contribution is -0.109. The van der Waals surface area contributed by atoms with Crippen LogP contribution in [0.15, 0.2) is 0 Å². The van der Waals surface area contributed by atoms with Gasteiger partial charge in [0.25, 0.3) is 0 Å². The normalized spacial score (nSPS) is 14.4. The molecule has 0 spiro atoms. The summed E-state index contributed by atoms with van der Waals surface area (Å²) in [5, 5.41) is 0.773. The van der Waals surface area contributed by atoms with Gasteiger partial charge in [0.2, 0.25) is 0 Å². The Hall–Kier alpha value is 0.370. The van der Waals surface area contributed by atoms with Crippen molar-refractivity contribution in [3.8, 4) is 0 Å². The zero-order valence-corrected chi connectivity index (χ0v) is 10.1. The van der Waals surface area contributed by atoms with Crippen LogP contribution >= 0.6 is 23.5 Å². The third-order valence-electron chi connectivity index (χ3n) is 1.08. The van der Waals surface area contributed by atoms with Gasteiger partial charge in [0, 0.05) is 22.7 Å². The van der Waals surface area contributed by atoms with Crippen molar-refractivity contribution in [1.29, 1.82) is 0 Å². The van der Waals surface area contributed by atoms with E-state index < -0.39 is 0 Å². The molecule has 0 aromatic carbocycles. The van der Waals surface area contributed by atoms with E-state index in [1.807, 2.05) is 11.8 Å². The van der Waals surface area contributed by atoms with Crippen LogP contribution in [-0.4, -0.2) is 20.9 Å². The summed E-state index contributed by atoms with van der Waals surface area (Å²) in [5.74, 6) is 0.928. The molecule has 0 bridgehead atoms. The summed E-state index contributed by atoms with van der Waals surface area (Å²) in [6.45, 7) is 10.4. The molecule has 0 fully saturated rings. The third kappa shape index (κ3) is 8.47. The van der Waals surface area contributed by atoms with Crippen molar-refractivity contribution in [3.05, 3.63) is 0 Å². The second-order valence-corrected chi connectivity index (χ2v) is 7.31. The Balaban J connectivity index is 3.60. The summed E-state index contributed by atoms with van der Waals surface area (Å²) in [4.78, 5) is 10.7. The number of rotatable bonds is 3. The maximum atomic E-state index is 10.7. The van der Waals surface area contributed by atoms with Crippen LogP contribution in [0.25, 0.3) is 0 Å². The lowest BCUT2D eigenvalue weighted by Crippen LogP contribution is -2.15. The minimum atomic E-state index is 0.219. The topological polar surface area (TPSA) is 17.1 Å². The second kappa shape index (κ2) is 5.18. The van der Waals surface area contributed by atoms with Gasteiger partial charge in [-0.2, -0.15) is 11.8 Å². The quantitative estimate of drug-likeness (QED) is 0.706. The highest BCUT2D eigenvalue weighted by Crippen LogP contribution is 2.29. The highest BCUT2D eigenvalue weighted by Gasteiger charge is 2.15. The van der Waals surface area contributed by atoms with Crippen LogP contribution < -0.4 is 0 Å². The van der Waals surface area contributed by atoms with E-state index in [0.29, 0.717) is 10.00 Å². The van der Waals surface area contributed by atoms with Crippen molar-refractivity contribution < 1.29 is 4.79 Å². The summed E-state index contributed by atoms with van der Waals surface area (Å²) in [7, 11) is 0. The van der Waals surface area contributed by atoms with Crippen LogP contribution in [0, 0.1) is 0 Å².